The SMILES string of the molecule is CC1c2cc3c(cc2[C@@H](C)C(C)[C@@H]1COC=O)OCO3. The normalized spacial score (nSPS) is 30.8. The minimum Gasteiger partial charge on any atom is -0.468 e. The predicted octanol–water partition coefficient (Wildman–Crippen LogP) is 3.06. The number of hydrogen-bond donors (Lipinski definition) is 0. The molecule has 4 heteroatoms. The van der Waals surface area contributed by atoms with Gasteiger partial charge in [0.15, 0.2) is 11.5 Å². The number of carbonyl (C=O) groups excluding carboxylic acids is 1. The maximum Gasteiger partial charge on any atom is 0.293 e. The maximum absolute atomic E-state index is 10.5. The van der Waals surface area contributed by atoms with E-state index in [1.165, 1.54) is 11.1 Å². The summed E-state index contributed by atoms with van der Waals surface area (Å²) in [6, 6.07) is 4.21. The van der Waals surface area contributed by atoms with Gasteiger partial charge in [0.1, 0.15) is 0 Å². The zero-order valence-electron chi connectivity index (χ0n) is 12.1. The van der Waals surface area contributed by atoms with Gasteiger partial charge >= 0.3 is 0 Å². The van der Waals surface area contributed by atoms with Crippen molar-refractivity contribution >= 4 is 6.47 Å². The monoisotopic (exact) mass is 276 g/mol. The lowest BCUT2D eigenvalue weighted by molar-refractivity contribution is -0.130. The molecule has 4 nitrogen and oxygen atoms in total. The molecule has 0 fully saturated rings. The third-order valence-electron chi connectivity index (χ3n) is 5.02. The first kappa shape index (κ1) is 13.3. The van der Waals surface area contributed by atoms with Crippen LogP contribution in [0, 0.1) is 11.8 Å². The van der Waals surface area contributed by atoms with E-state index in [2.05, 4.69) is 32.9 Å². The van der Waals surface area contributed by atoms with Crippen LogP contribution in [-0.4, -0.2) is 19.9 Å². The number of rotatable bonds is 3. The smallest absolute Gasteiger partial charge is 0.293 e. The third kappa shape index (κ3) is 1.94. The number of ether oxygens (including phenoxy) is 3. The molecule has 20 heavy (non-hydrogen) atoms. The number of benzene rings is 1. The van der Waals surface area contributed by atoms with Gasteiger partial charge in [0.05, 0.1) is 6.61 Å². The van der Waals surface area contributed by atoms with Crippen molar-refractivity contribution in [2.75, 3.05) is 13.4 Å². The summed E-state index contributed by atoms with van der Waals surface area (Å²) >= 11 is 0. The van der Waals surface area contributed by atoms with Crippen LogP contribution < -0.4 is 9.47 Å². The summed E-state index contributed by atoms with van der Waals surface area (Å²) in [5.74, 6) is 3.22. The van der Waals surface area contributed by atoms with E-state index >= 15 is 0 Å². The molecule has 1 aliphatic carbocycles. The van der Waals surface area contributed by atoms with Crippen LogP contribution >= 0.6 is 0 Å². The van der Waals surface area contributed by atoms with Gasteiger partial charge < -0.3 is 14.2 Å². The average Bonchev–Trinajstić information content (AvgIpc) is 2.91. The molecule has 1 heterocycles. The van der Waals surface area contributed by atoms with E-state index < -0.39 is 0 Å². The Morgan fingerprint density at radius 3 is 2.35 bits per heavy atom. The van der Waals surface area contributed by atoms with Crippen molar-refractivity contribution in [3.05, 3.63) is 23.3 Å². The van der Waals surface area contributed by atoms with Crippen LogP contribution in [0.5, 0.6) is 11.5 Å². The molecule has 2 unspecified atom stereocenters. The maximum atomic E-state index is 10.5. The molecule has 0 aromatic heterocycles. The number of hydrogen-bond acceptors (Lipinski definition) is 4. The highest BCUT2D eigenvalue weighted by atomic mass is 16.7. The van der Waals surface area contributed by atoms with Gasteiger partial charge in [0.25, 0.3) is 6.47 Å². The van der Waals surface area contributed by atoms with Crippen molar-refractivity contribution in [2.24, 2.45) is 11.8 Å². The first-order valence-corrected chi connectivity index (χ1v) is 7.12. The van der Waals surface area contributed by atoms with Gasteiger partial charge in [-0.25, -0.2) is 0 Å². The summed E-state index contributed by atoms with van der Waals surface area (Å²) < 4.78 is 16.0. The minimum atomic E-state index is 0.300. The summed E-state index contributed by atoms with van der Waals surface area (Å²) in [6.45, 7) is 7.97. The Morgan fingerprint density at radius 1 is 1.15 bits per heavy atom. The van der Waals surface area contributed by atoms with Crippen molar-refractivity contribution < 1.29 is 19.0 Å². The van der Waals surface area contributed by atoms with E-state index in [0.29, 0.717) is 43.5 Å². The first-order valence-electron chi connectivity index (χ1n) is 7.12. The van der Waals surface area contributed by atoms with E-state index in [4.69, 9.17) is 14.2 Å². The highest BCUT2D eigenvalue weighted by Gasteiger charge is 2.38. The largest absolute Gasteiger partial charge is 0.468 e. The van der Waals surface area contributed by atoms with E-state index in [0.717, 1.165) is 11.5 Å². The van der Waals surface area contributed by atoms with E-state index in [-0.39, 0.29) is 0 Å². The molecule has 0 amide bonds. The summed E-state index contributed by atoms with van der Waals surface area (Å²) in [7, 11) is 0. The molecule has 0 spiro atoms. The standard InChI is InChI=1S/C16H20O4/c1-9-10(2)14(6-18-7-17)11(3)13-5-16-15(4-12(9)13)19-8-20-16/h4-5,7,9-11,14H,6,8H2,1-3H3/t9-,10?,11?,14-/m0/s1. The fraction of sp³-hybridized carbons (Fsp3) is 0.562. The Kier molecular flexibility index (Phi) is 3.32. The van der Waals surface area contributed by atoms with Gasteiger partial charge in [0, 0.05) is 5.92 Å². The zero-order chi connectivity index (χ0) is 14.3. The Bertz CT molecular complexity index is 525. The van der Waals surface area contributed by atoms with Crippen LogP contribution in [0.15, 0.2) is 12.1 Å². The lowest BCUT2D eigenvalue weighted by Crippen LogP contribution is -2.32. The van der Waals surface area contributed by atoms with Crippen LogP contribution in [0.4, 0.5) is 0 Å². The molecule has 1 aromatic carbocycles. The molecule has 0 N–H and O–H groups in total. The molecule has 0 bridgehead atoms. The van der Waals surface area contributed by atoms with Gasteiger partial charge in [-0.2, -0.15) is 0 Å². The molecule has 0 saturated carbocycles. The Morgan fingerprint density at radius 2 is 1.75 bits per heavy atom. The molecule has 4 atom stereocenters. The molecule has 2 aliphatic rings. The summed E-state index contributed by atoms with van der Waals surface area (Å²) in [4.78, 5) is 10.5. The van der Waals surface area contributed by atoms with Crippen LogP contribution in [0.25, 0.3) is 0 Å². The molecule has 3 rings (SSSR count). The summed E-state index contributed by atoms with van der Waals surface area (Å²) in [5, 5.41) is 0. The van der Waals surface area contributed by atoms with E-state index in [9.17, 15) is 4.79 Å². The molecule has 1 aliphatic heterocycles. The van der Waals surface area contributed by atoms with Gasteiger partial charge in [-0.3, -0.25) is 4.79 Å². The highest BCUT2D eigenvalue weighted by molar-refractivity contribution is 5.52. The van der Waals surface area contributed by atoms with Gasteiger partial charge in [-0.05, 0) is 41.0 Å². The van der Waals surface area contributed by atoms with Crippen molar-refractivity contribution in [2.45, 2.75) is 32.6 Å². The third-order valence-corrected chi connectivity index (χ3v) is 5.02. The number of carbonyl (C=O) groups is 1. The van der Waals surface area contributed by atoms with Crippen molar-refractivity contribution in [3.63, 3.8) is 0 Å². The van der Waals surface area contributed by atoms with Crippen LogP contribution in [-0.2, 0) is 9.53 Å². The van der Waals surface area contributed by atoms with Crippen molar-refractivity contribution in [3.8, 4) is 11.5 Å². The molecule has 108 valence electrons. The second kappa shape index (κ2) is 5.00. The lowest BCUT2D eigenvalue weighted by Gasteiger charge is -2.40. The van der Waals surface area contributed by atoms with Crippen LogP contribution in [0.3, 0.4) is 0 Å². The molecule has 0 saturated heterocycles. The lowest BCUT2D eigenvalue weighted by atomic mass is 9.65. The van der Waals surface area contributed by atoms with Crippen molar-refractivity contribution in [1.82, 2.24) is 0 Å². The highest BCUT2D eigenvalue weighted by Crippen LogP contribution is 2.49. The molecule has 1 aromatic rings. The van der Waals surface area contributed by atoms with E-state index in [1.54, 1.807) is 0 Å². The first-order chi connectivity index (χ1) is 9.63. The van der Waals surface area contributed by atoms with Gasteiger partial charge in [-0.15, -0.1) is 0 Å². The minimum absolute atomic E-state index is 0.300. The Balaban J connectivity index is 2.00. The Hall–Kier alpha value is -1.71. The van der Waals surface area contributed by atoms with Crippen LogP contribution in [0.1, 0.15) is 43.7 Å². The topological polar surface area (TPSA) is 44.8 Å². The second-order valence-corrected chi connectivity index (χ2v) is 5.86. The molecular weight excluding hydrogens is 256 g/mol. The summed E-state index contributed by atoms with van der Waals surface area (Å²) in [6.07, 6.45) is 0. The molecular formula is C16H20O4. The van der Waals surface area contributed by atoms with Crippen LogP contribution in [0.2, 0.25) is 0 Å². The fourth-order valence-electron chi connectivity index (χ4n) is 3.55. The molecule has 0 radical (unpaired) electrons. The van der Waals surface area contributed by atoms with Gasteiger partial charge in [0.2, 0.25) is 6.79 Å². The quantitative estimate of drug-likeness (QED) is 0.796. The Labute approximate surface area is 119 Å². The second-order valence-electron chi connectivity index (χ2n) is 5.86. The predicted molar refractivity (Wildman–Crippen MR) is 74.1 cm³/mol. The van der Waals surface area contributed by atoms with Gasteiger partial charge in [-0.1, -0.05) is 20.8 Å². The average molecular weight is 276 g/mol. The van der Waals surface area contributed by atoms with Crippen molar-refractivity contribution in [1.29, 1.82) is 0 Å². The summed E-state index contributed by atoms with van der Waals surface area (Å²) in [5.41, 5.74) is 2.62. The zero-order valence-corrected chi connectivity index (χ0v) is 12.1. The fourth-order valence-corrected chi connectivity index (χ4v) is 3.55. The van der Waals surface area contributed by atoms with E-state index in [1.807, 2.05) is 0 Å². The number of fused-ring (bicyclic) bond motifs is 2.